The van der Waals surface area contributed by atoms with Crippen molar-refractivity contribution in [1.29, 1.82) is 0 Å². The Morgan fingerprint density at radius 1 is 1.40 bits per heavy atom. The van der Waals surface area contributed by atoms with Gasteiger partial charge in [-0.2, -0.15) is 0 Å². The third kappa shape index (κ3) is 3.97. The molecule has 1 aromatic carbocycles. The first kappa shape index (κ1) is 20.6. The normalized spacial score (nSPS) is 17.7. The van der Waals surface area contributed by atoms with E-state index in [1.54, 1.807) is 19.2 Å². The number of benzene rings is 1. The Morgan fingerprint density at radius 3 is 2.87 bits per heavy atom. The van der Waals surface area contributed by atoms with E-state index in [2.05, 4.69) is 15.3 Å². The summed E-state index contributed by atoms with van der Waals surface area (Å²) in [6, 6.07) is 4.82. The van der Waals surface area contributed by atoms with Crippen LogP contribution in [0.25, 0.3) is 11.3 Å². The van der Waals surface area contributed by atoms with Gasteiger partial charge < -0.3 is 20.1 Å². The number of aliphatic carboxylic acids is 1. The largest absolute Gasteiger partial charge is 0.480 e. The summed E-state index contributed by atoms with van der Waals surface area (Å²) in [7, 11) is 0. The molecule has 158 valence electrons. The summed E-state index contributed by atoms with van der Waals surface area (Å²) in [4.78, 5) is 34.6. The zero-order chi connectivity index (χ0) is 21.3. The monoisotopic (exact) mass is 430 g/mol. The summed E-state index contributed by atoms with van der Waals surface area (Å²) in [6.07, 6.45) is 3.66. The fourth-order valence-electron chi connectivity index (χ4n) is 3.91. The first-order valence-corrected chi connectivity index (χ1v) is 10.4. The van der Waals surface area contributed by atoms with Crippen LogP contribution in [0.15, 0.2) is 24.4 Å². The first-order chi connectivity index (χ1) is 14.5. The second-order valence-corrected chi connectivity index (χ2v) is 7.90. The molecule has 0 unspecified atom stereocenters. The molecule has 0 bridgehead atoms. The quantitative estimate of drug-likeness (QED) is 0.724. The van der Waals surface area contributed by atoms with Crippen LogP contribution in [0.1, 0.15) is 42.1 Å². The minimum Gasteiger partial charge on any atom is -0.480 e. The van der Waals surface area contributed by atoms with E-state index in [9.17, 15) is 14.7 Å². The summed E-state index contributed by atoms with van der Waals surface area (Å²) in [5, 5.41) is 13.1. The van der Waals surface area contributed by atoms with Crippen molar-refractivity contribution < 1.29 is 19.4 Å². The molecule has 3 heterocycles. The van der Waals surface area contributed by atoms with Crippen LogP contribution in [0.4, 0.5) is 5.95 Å². The molecule has 1 aromatic heterocycles. The molecular formula is C21H23ClN4O4. The lowest BCUT2D eigenvalue weighted by Crippen LogP contribution is -2.40. The zero-order valence-electron chi connectivity index (χ0n) is 16.6. The van der Waals surface area contributed by atoms with Crippen LogP contribution in [0.3, 0.4) is 0 Å². The van der Waals surface area contributed by atoms with Crippen molar-refractivity contribution in [2.45, 2.75) is 44.8 Å². The maximum absolute atomic E-state index is 12.9. The fraction of sp³-hybridized carbons (Fsp3) is 0.429. The summed E-state index contributed by atoms with van der Waals surface area (Å²) in [5.74, 6) is -0.805. The van der Waals surface area contributed by atoms with Gasteiger partial charge in [0.15, 0.2) is 0 Å². The van der Waals surface area contributed by atoms with Gasteiger partial charge in [0.25, 0.3) is 5.91 Å². The van der Waals surface area contributed by atoms with Crippen molar-refractivity contribution in [3.63, 3.8) is 0 Å². The van der Waals surface area contributed by atoms with E-state index in [0.717, 1.165) is 18.4 Å². The lowest BCUT2D eigenvalue weighted by Gasteiger charge is -2.23. The number of halogens is 1. The number of hydrogen-bond donors (Lipinski definition) is 2. The van der Waals surface area contributed by atoms with Crippen molar-refractivity contribution >= 4 is 29.4 Å². The average Bonchev–Trinajstić information content (AvgIpc) is 3.06. The zero-order valence-corrected chi connectivity index (χ0v) is 17.4. The van der Waals surface area contributed by atoms with Gasteiger partial charge in [-0.1, -0.05) is 30.7 Å². The van der Waals surface area contributed by atoms with Gasteiger partial charge in [0.05, 0.1) is 16.9 Å². The van der Waals surface area contributed by atoms with Gasteiger partial charge in [0.1, 0.15) is 6.04 Å². The Morgan fingerprint density at radius 2 is 2.17 bits per heavy atom. The number of carbonyl (C=O) groups is 2. The van der Waals surface area contributed by atoms with Crippen molar-refractivity contribution in [1.82, 2.24) is 14.9 Å². The standard InChI is InChI=1S/C21H23ClN4O4/c1-2-17(20(28)29)26-11-13-4-3-12(9-15(13)19(26)27)18-16(22)10-23-21(25-18)24-14-5-7-30-8-6-14/h3-4,9-10,14,17H,2,5-8,11H2,1H3,(H,28,29)(H,23,24,25)/t17-/m1/s1. The Bertz CT molecular complexity index is 977. The van der Waals surface area contributed by atoms with Crippen LogP contribution in [0.2, 0.25) is 5.02 Å². The lowest BCUT2D eigenvalue weighted by atomic mass is 10.0. The third-order valence-electron chi connectivity index (χ3n) is 5.56. The predicted molar refractivity (Wildman–Crippen MR) is 112 cm³/mol. The van der Waals surface area contributed by atoms with Crippen molar-refractivity contribution in [3.05, 3.63) is 40.5 Å². The van der Waals surface area contributed by atoms with E-state index in [0.29, 0.717) is 47.4 Å². The first-order valence-electron chi connectivity index (χ1n) is 10.0. The van der Waals surface area contributed by atoms with Crippen LogP contribution >= 0.6 is 11.6 Å². The highest BCUT2D eigenvalue weighted by atomic mass is 35.5. The van der Waals surface area contributed by atoms with E-state index in [1.807, 2.05) is 12.1 Å². The molecule has 0 aliphatic carbocycles. The van der Waals surface area contributed by atoms with Crippen LogP contribution in [-0.4, -0.2) is 57.1 Å². The number of ether oxygens (including phenoxy) is 1. The Labute approximate surface area is 179 Å². The van der Waals surface area contributed by atoms with Crippen LogP contribution in [0.5, 0.6) is 0 Å². The topological polar surface area (TPSA) is 105 Å². The SMILES string of the molecule is CC[C@H](C(=O)O)N1Cc2ccc(-c3nc(NC4CCOCC4)ncc3Cl)cc2C1=O. The fourth-order valence-corrected chi connectivity index (χ4v) is 4.11. The molecule has 9 heteroatoms. The van der Waals surface area contributed by atoms with Crippen LogP contribution < -0.4 is 5.32 Å². The molecule has 8 nitrogen and oxygen atoms in total. The van der Waals surface area contributed by atoms with Gasteiger partial charge in [0.2, 0.25) is 5.95 Å². The van der Waals surface area contributed by atoms with Crippen molar-refractivity contribution in [2.24, 2.45) is 0 Å². The predicted octanol–water partition coefficient (Wildman–Crippen LogP) is 3.21. The number of aromatic nitrogens is 2. The van der Waals surface area contributed by atoms with E-state index < -0.39 is 12.0 Å². The average molecular weight is 431 g/mol. The number of carboxylic acid groups (broad SMARTS) is 1. The summed E-state index contributed by atoms with van der Waals surface area (Å²) in [5.41, 5.74) is 2.50. The molecule has 2 aliphatic rings. The smallest absolute Gasteiger partial charge is 0.326 e. The van der Waals surface area contributed by atoms with E-state index >= 15 is 0 Å². The number of carboxylic acids is 1. The van der Waals surface area contributed by atoms with Crippen LogP contribution in [0, 0.1) is 0 Å². The van der Waals surface area contributed by atoms with Gasteiger partial charge in [-0.25, -0.2) is 14.8 Å². The second kappa shape index (κ2) is 8.57. The molecule has 1 fully saturated rings. The third-order valence-corrected chi connectivity index (χ3v) is 5.84. The molecule has 0 spiro atoms. The lowest BCUT2D eigenvalue weighted by molar-refractivity contribution is -0.142. The minimum atomic E-state index is -0.999. The highest BCUT2D eigenvalue weighted by Gasteiger charge is 2.35. The molecule has 4 rings (SSSR count). The number of nitrogens with one attached hydrogen (secondary N) is 1. The van der Waals surface area contributed by atoms with Gasteiger partial charge in [-0.15, -0.1) is 0 Å². The maximum atomic E-state index is 12.9. The molecule has 0 radical (unpaired) electrons. The molecule has 1 atom stereocenters. The highest BCUT2D eigenvalue weighted by Crippen LogP contribution is 2.32. The molecule has 1 saturated heterocycles. The number of anilines is 1. The van der Waals surface area contributed by atoms with Gasteiger partial charge in [-0.3, -0.25) is 4.79 Å². The van der Waals surface area contributed by atoms with Crippen LogP contribution in [-0.2, 0) is 16.1 Å². The Kier molecular flexibility index (Phi) is 5.87. The second-order valence-electron chi connectivity index (χ2n) is 7.49. The van der Waals surface area contributed by atoms with Crippen molar-refractivity contribution in [3.8, 4) is 11.3 Å². The van der Waals surface area contributed by atoms with E-state index in [4.69, 9.17) is 16.3 Å². The number of rotatable bonds is 6. The van der Waals surface area contributed by atoms with Gasteiger partial charge in [-0.05, 0) is 30.9 Å². The highest BCUT2D eigenvalue weighted by molar-refractivity contribution is 6.33. The number of fused-ring (bicyclic) bond motifs is 1. The number of amides is 1. The summed E-state index contributed by atoms with van der Waals surface area (Å²) >= 11 is 6.36. The Balaban J connectivity index is 1.61. The van der Waals surface area contributed by atoms with E-state index in [1.165, 1.54) is 4.90 Å². The maximum Gasteiger partial charge on any atom is 0.326 e. The minimum absolute atomic E-state index is 0.241. The molecule has 30 heavy (non-hydrogen) atoms. The molecule has 0 saturated carbocycles. The number of carbonyl (C=O) groups excluding carboxylic acids is 1. The van der Waals surface area contributed by atoms with Gasteiger partial charge in [0, 0.05) is 36.9 Å². The summed E-state index contributed by atoms with van der Waals surface area (Å²) in [6.45, 7) is 3.45. The number of nitrogens with zero attached hydrogens (tertiary/aromatic N) is 3. The molecule has 1 amide bonds. The molecular weight excluding hydrogens is 408 g/mol. The van der Waals surface area contributed by atoms with E-state index in [-0.39, 0.29) is 18.5 Å². The number of hydrogen-bond acceptors (Lipinski definition) is 6. The molecule has 2 N–H and O–H groups in total. The molecule has 2 aromatic rings. The van der Waals surface area contributed by atoms with Crippen molar-refractivity contribution in [2.75, 3.05) is 18.5 Å². The Hall–Kier alpha value is -2.71. The molecule has 2 aliphatic heterocycles. The summed E-state index contributed by atoms with van der Waals surface area (Å²) < 4.78 is 5.38. The van der Waals surface area contributed by atoms with Gasteiger partial charge >= 0.3 is 5.97 Å².